The van der Waals surface area contributed by atoms with Crippen LogP contribution in [0.2, 0.25) is 0 Å². The quantitative estimate of drug-likeness (QED) is 0.603. The van der Waals surface area contributed by atoms with E-state index in [0.29, 0.717) is 6.42 Å². The van der Waals surface area contributed by atoms with E-state index in [1.54, 1.807) is 0 Å². The molecule has 1 unspecified atom stereocenters. The number of hydrogen-bond donors (Lipinski definition) is 4. The third kappa shape index (κ3) is 3.56. The van der Waals surface area contributed by atoms with Crippen LogP contribution >= 0.6 is 0 Å². The monoisotopic (exact) mass is 282 g/mol. The van der Waals surface area contributed by atoms with Gasteiger partial charge in [0, 0.05) is 0 Å². The highest BCUT2D eigenvalue weighted by atomic mass is 16.5. The van der Waals surface area contributed by atoms with E-state index in [1.165, 1.54) is 5.56 Å². The standard InChI is InChI=1S/C15H22O5/c16-9-12-14(18)15(19)13(17)11(20-12)8-4-7-10-5-2-1-3-6-10/h1-3,5-6,11-19H,4,7-9H2/t11?,12-,13+,14-,15-/m1/s1. The first-order valence-electron chi connectivity index (χ1n) is 6.98. The first-order valence-corrected chi connectivity index (χ1v) is 6.98. The third-order valence-corrected chi connectivity index (χ3v) is 3.79. The first-order chi connectivity index (χ1) is 9.63. The zero-order valence-corrected chi connectivity index (χ0v) is 11.3. The molecule has 0 spiro atoms. The summed E-state index contributed by atoms with van der Waals surface area (Å²) in [7, 11) is 0. The molecule has 5 nitrogen and oxygen atoms in total. The van der Waals surface area contributed by atoms with Crippen molar-refractivity contribution in [3.8, 4) is 0 Å². The molecule has 1 aliphatic heterocycles. The van der Waals surface area contributed by atoms with Crippen molar-refractivity contribution in [1.29, 1.82) is 0 Å². The molecule has 0 saturated carbocycles. The third-order valence-electron chi connectivity index (χ3n) is 3.79. The van der Waals surface area contributed by atoms with Crippen molar-refractivity contribution in [3.63, 3.8) is 0 Å². The summed E-state index contributed by atoms with van der Waals surface area (Å²) in [6.07, 6.45) is -2.82. The van der Waals surface area contributed by atoms with Crippen molar-refractivity contribution >= 4 is 0 Å². The molecular formula is C15H22O5. The molecular weight excluding hydrogens is 260 g/mol. The molecule has 0 bridgehead atoms. The second-order valence-electron chi connectivity index (χ2n) is 5.25. The average Bonchev–Trinajstić information content (AvgIpc) is 2.48. The normalized spacial score (nSPS) is 34.1. The summed E-state index contributed by atoms with van der Waals surface area (Å²) in [5.74, 6) is 0. The molecule has 1 fully saturated rings. The fourth-order valence-corrected chi connectivity index (χ4v) is 2.57. The molecule has 2 rings (SSSR count). The highest BCUT2D eigenvalue weighted by Gasteiger charge is 2.42. The molecule has 1 aromatic rings. The molecule has 1 heterocycles. The minimum Gasteiger partial charge on any atom is -0.394 e. The van der Waals surface area contributed by atoms with E-state index >= 15 is 0 Å². The van der Waals surface area contributed by atoms with Gasteiger partial charge in [0.1, 0.15) is 24.4 Å². The summed E-state index contributed by atoms with van der Waals surface area (Å²) in [5.41, 5.74) is 1.21. The van der Waals surface area contributed by atoms with Gasteiger partial charge in [-0.2, -0.15) is 0 Å². The molecule has 0 aliphatic carbocycles. The summed E-state index contributed by atoms with van der Waals surface area (Å²) in [5, 5.41) is 38.4. The molecule has 20 heavy (non-hydrogen) atoms. The van der Waals surface area contributed by atoms with Gasteiger partial charge in [-0.25, -0.2) is 0 Å². The minimum absolute atomic E-state index is 0.375. The van der Waals surface area contributed by atoms with Gasteiger partial charge >= 0.3 is 0 Å². The van der Waals surface area contributed by atoms with E-state index in [4.69, 9.17) is 9.84 Å². The highest BCUT2D eigenvalue weighted by Crippen LogP contribution is 2.24. The number of aryl methyl sites for hydroxylation is 1. The number of benzene rings is 1. The summed E-state index contributed by atoms with van der Waals surface area (Å²) >= 11 is 0. The maximum atomic E-state index is 9.90. The Balaban J connectivity index is 1.85. The molecule has 4 N–H and O–H groups in total. The van der Waals surface area contributed by atoms with Crippen LogP contribution in [0.1, 0.15) is 18.4 Å². The summed E-state index contributed by atoms with van der Waals surface area (Å²) in [6, 6.07) is 9.98. The Morgan fingerprint density at radius 3 is 2.20 bits per heavy atom. The van der Waals surface area contributed by atoms with Gasteiger partial charge in [0.2, 0.25) is 0 Å². The Hall–Kier alpha value is -0.980. The molecule has 0 aromatic heterocycles. The fraction of sp³-hybridized carbons (Fsp3) is 0.600. The van der Waals surface area contributed by atoms with Gasteiger partial charge in [-0.05, 0) is 24.8 Å². The van der Waals surface area contributed by atoms with Crippen LogP contribution < -0.4 is 0 Å². The molecule has 1 saturated heterocycles. The SMILES string of the molecule is OC[C@H]1OC(CCCc2ccccc2)[C@H](O)[C@@H](O)[C@@H]1O. The van der Waals surface area contributed by atoms with Gasteiger partial charge in [-0.1, -0.05) is 30.3 Å². The lowest BCUT2D eigenvalue weighted by molar-refractivity contribution is -0.230. The summed E-state index contributed by atoms with van der Waals surface area (Å²) in [4.78, 5) is 0. The largest absolute Gasteiger partial charge is 0.394 e. The lowest BCUT2D eigenvalue weighted by Gasteiger charge is -2.40. The number of hydrogen-bond acceptors (Lipinski definition) is 5. The van der Waals surface area contributed by atoms with Crippen molar-refractivity contribution < 1.29 is 25.2 Å². The Bertz CT molecular complexity index is 395. The van der Waals surface area contributed by atoms with E-state index in [2.05, 4.69) is 0 Å². The Labute approximate surface area is 118 Å². The molecule has 112 valence electrons. The topological polar surface area (TPSA) is 90.2 Å². The summed E-state index contributed by atoms with van der Waals surface area (Å²) in [6.45, 7) is -0.375. The molecule has 5 heteroatoms. The minimum atomic E-state index is -1.28. The molecule has 0 radical (unpaired) electrons. The Kier molecular flexibility index (Phi) is 5.51. The van der Waals surface area contributed by atoms with Gasteiger partial charge < -0.3 is 25.2 Å². The van der Waals surface area contributed by atoms with E-state index in [0.717, 1.165) is 12.8 Å². The van der Waals surface area contributed by atoms with Crippen LogP contribution in [0.5, 0.6) is 0 Å². The maximum absolute atomic E-state index is 9.90. The van der Waals surface area contributed by atoms with Crippen LogP contribution in [-0.2, 0) is 11.2 Å². The number of rotatable bonds is 5. The number of aliphatic hydroxyl groups is 4. The van der Waals surface area contributed by atoms with Crippen molar-refractivity contribution in [2.24, 2.45) is 0 Å². The lowest BCUT2D eigenvalue weighted by Crippen LogP contribution is -2.58. The van der Waals surface area contributed by atoms with Crippen LogP contribution in [0.15, 0.2) is 30.3 Å². The molecule has 1 aliphatic rings. The zero-order chi connectivity index (χ0) is 14.5. The van der Waals surface area contributed by atoms with E-state index in [1.807, 2.05) is 30.3 Å². The van der Waals surface area contributed by atoms with Gasteiger partial charge in [0.25, 0.3) is 0 Å². The lowest BCUT2D eigenvalue weighted by atomic mass is 9.92. The van der Waals surface area contributed by atoms with Crippen LogP contribution in [0, 0.1) is 0 Å². The first kappa shape index (κ1) is 15.4. The molecule has 1 aromatic carbocycles. The van der Waals surface area contributed by atoms with Crippen molar-refractivity contribution in [2.75, 3.05) is 6.61 Å². The van der Waals surface area contributed by atoms with Gasteiger partial charge in [0.05, 0.1) is 12.7 Å². The Morgan fingerprint density at radius 2 is 1.55 bits per heavy atom. The highest BCUT2D eigenvalue weighted by molar-refractivity contribution is 5.14. The fourth-order valence-electron chi connectivity index (χ4n) is 2.57. The van der Waals surface area contributed by atoms with Gasteiger partial charge in [-0.3, -0.25) is 0 Å². The number of ether oxygens (including phenoxy) is 1. The zero-order valence-electron chi connectivity index (χ0n) is 11.3. The van der Waals surface area contributed by atoms with Gasteiger partial charge in [-0.15, -0.1) is 0 Å². The van der Waals surface area contributed by atoms with Crippen LogP contribution in [0.3, 0.4) is 0 Å². The average molecular weight is 282 g/mol. The smallest absolute Gasteiger partial charge is 0.111 e. The van der Waals surface area contributed by atoms with Crippen molar-refractivity contribution in [1.82, 2.24) is 0 Å². The predicted molar refractivity (Wildman–Crippen MR) is 73.1 cm³/mol. The van der Waals surface area contributed by atoms with E-state index < -0.39 is 30.5 Å². The van der Waals surface area contributed by atoms with Crippen LogP contribution in [0.4, 0.5) is 0 Å². The van der Waals surface area contributed by atoms with Crippen molar-refractivity contribution in [3.05, 3.63) is 35.9 Å². The van der Waals surface area contributed by atoms with E-state index in [9.17, 15) is 15.3 Å². The maximum Gasteiger partial charge on any atom is 0.111 e. The second-order valence-corrected chi connectivity index (χ2v) is 5.25. The van der Waals surface area contributed by atoms with Crippen molar-refractivity contribution in [2.45, 2.75) is 49.8 Å². The molecule has 5 atom stereocenters. The predicted octanol–water partition coefficient (Wildman–Crippen LogP) is -0.148. The second kappa shape index (κ2) is 7.15. The number of aliphatic hydroxyl groups excluding tert-OH is 4. The molecule has 0 amide bonds. The Morgan fingerprint density at radius 1 is 0.900 bits per heavy atom. The van der Waals surface area contributed by atoms with Crippen LogP contribution in [-0.4, -0.2) is 57.6 Å². The van der Waals surface area contributed by atoms with Crippen LogP contribution in [0.25, 0.3) is 0 Å². The van der Waals surface area contributed by atoms with Gasteiger partial charge in [0.15, 0.2) is 0 Å². The summed E-state index contributed by atoms with van der Waals surface area (Å²) < 4.78 is 5.46. The van der Waals surface area contributed by atoms with E-state index in [-0.39, 0.29) is 6.61 Å².